The number of nitrogens with zero attached hydrogens (tertiary/aromatic N) is 3. The molecular formula is C23H27N3O2S. The van der Waals surface area contributed by atoms with Crippen molar-refractivity contribution in [3.05, 3.63) is 72.6 Å². The summed E-state index contributed by atoms with van der Waals surface area (Å²) in [7, 11) is 1.65. The Balaban J connectivity index is 1.71. The Kier molecular flexibility index (Phi) is 6.64. The highest BCUT2D eigenvalue weighted by molar-refractivity contribution is 7.99. The third kappa shape index (κ3) is 5.41. The number of imidazole rings is 1. The van der Waals surface area contributed by atoms with Gasteiger partial charge in [0.15, 0.2) is 5.16 Å². The Hall–Kier alpha value is -2.73. The minimum Gasteiger partial charge on any atom is -0.497 e. The lowest BCUT2D eigenvalue weighted by Crippen LogP contribution is -2.45. The number of aromatic nitrogens is 2. The Morgan fingerprint density at radius 2 is 1.79 bits per heavy atom. The van der Waals surface area contributed by atoms with E-state index in [1.807, 2.05) is 58.1 Å². The normalized spacial score (nSPS) is 11.3. The third-order valence-corrected chi connectivity index (χ3v) is 5.53. The summed E-state index contributed by atoms with van der Waals surface area (Å²) in [5.74, 6) is 1.23. The zero-order valence-electron chi connectivity index (χ0n) is 17.3. The smallest absolute Gasteiger partial charge is 0.233 e. The van der Waals surface area contributed by atoms with Crippen LogP contribution in [0.4, 0.5) is 0 Å². The molecule has 1 aromatic heterocycles. The second-order valence-electron chi connectivity index (χ2n) is 7.70. The van der Waals surface area contributed by atoms with Crippen LogP contribution in [0.2, 0.25) is 0 Å². The molecule has 0 unspecified atom stereocenters. The molecule has 0 N–H and O–H groups in total. The van der Waals surface area contributed by atoms with Crippen LogP contribution in [0.15, 0.2) is 72.1 Å². The third-order valence-electron chi connectivity index (χ3n) is 4.58. The molecule has 0 spiro atoms. The number of carbonyl (C=O) groups excluding carboxylic acids is 1. The predicted octanol–water partition coefficient (Wildman–Crippen LogP) is 4.80. The number of amides is 1. The van der Waals surface area contributed by atoms with E-state index in [0.29, 0.717) is 12.3 Å². The zero-order valence-corrected chi connectivity index (χ0v) is 18.1. The predicted molar refractivity (Wildman–Crippen MR) is 118 cm³/mol. The Labute approximate surface area is 176 Å². The van der Waals surface area contributed by atoms with Crippen LogP contribution in [0, 0.1) is 0 Å². The van der Waals surface area contributed by atoms with E-state index in [9.17, 15) is 4.79 Å². The summed E-state index contributed by atoms with van der Waals surface area (Å²) in [6.07, 6.45) is 3.66. The molecule has 152 valence electrons. The second-order valence-corrected chi connectivity index (χ2v) is 8.65. The number of ether oxygens (including phenoxy) is 1. The average molecular weight is 410 g/mol. The monoisotopic (exact) mass is 409 g/mol. The lowest BCUT2D eigenvalue weighted by Gasteiger charge is -2.36. The SMILES string of the molecule is COc1ccc(-n2ccnc2SCC(=O)N(Cc2ccccc2)C(C)(C)C)cc1. The van der Waals surface area contributed by atoms with Gasteiger partial charge in [-0.25, -0.2) is 4.98 Å². The summed E-state index contributed by atoms with van der Waals surface area (Å²) in [5.41, 5.74) is 1.84. The van der Waals surface area contributed by atoms with Gasteiger partial charge in [-0.3, -0.25) is 9.36 Å². The van der Waals surface area contributed by atoms with Crippen LogP contribution in [0.5, 0.6) is 5.75 Å². The number of carbonyl (C=O) groups is 1. The number of benzene rings is 2. The van der Waals surface area contributed by atoms with Gasteiger partial charge in [-0.15, -0.1) is 0 Å². The molecular weight excluding hydrogens is 382 g/mol. The highest BCUT2D eigenvalue weighted by atomic mass is 32.2. The van der Waals surface area contributed by atoms with Crippen molar-refractivity contribution in [3.8, 4) is 11.4 Å². The van der Waals surface area contributed by atoms with Crippen molar-refractivity contribution in [1.29, 1.82) is 0 Å². The van der Waals surface area contributed by atoms with Crippen LogP contribution in [-0.4, -0.2) is 38.8 Å². The average Bonchev–Trinajstić information content (AvgIpc) is 3.19. The Morgan fingerprint density at radius 1 is 1.10 bits per heavy atom. The van der Waals surface area contributed by atoms with Gasteiger partial charge in [0, 0.05) is 30.2 Å². The van der Waals surface area contributed by atoms with Crippen LogP contribution in [0.1, 0.15) is 26.3 Å². The van der Waals surface area contributed by atoms with Gasteiger partial charge < -0.3 is 9.64 Å². The molecule has 0 saturated carbocycles. The van der Waals surface area contributed by atoms with Crippen molar-refractivity contribution in [1.82, 2.24) is 14.5 Å². The first-order chi connectivity index (χ1) is 13.9. The molecule has 3 aromatic rings. The molecule has 0 aliphatic rings. The fraction of sp³-hybridized carbons (Fsp3) is 0.304. The van der Waals surface area contributed by atoms with Crippen molar-refractivity contribution in [3.63, 3.8) is 0 Å². The minimum absolute atomic E-state index is 0.0932. The molecule has 0 aliphatic carbocycles. The fourth-order valence-electron chi connectivity index (χ4n) is 3.01. The largest absolute Gasteiger partial charge is 0.497 e. The van der Waals surface area contributed by atoms with E-state index in [2.05, 4.69) is 37.9 Å². The quantitative estimate of drug-likeness (QED) is 0.526. The first-order valence-corrected chi connectivity index (χ1v) is 10.5. The maximum absolute atomic E-state index is 13.1. The van der Waals surface area contributed by atoms with E-state index in [-0.39, 0.29) is 11.4 Å². The first kappa shape index (κ1) is 21.0. The van der Waals surface area contributed by atoms with E-state index in [1.165, 1.54) is 11.8 Å². The van der Waals surface area contributed by atoms with Crippen LogP contribution < -0.4 is 4.74 Å². The topological polar surface area (TPSA) is 47.4 Å². The van der Waals surface area contributed by atoms with Crippen molar-refractivity contribution in [2.24, 2.45) is 0 Å². The molecule has 1 amide bonds. The molecule has 0 saturated heterocycles. The van der Waals surface area contributed by atoms with Crippen LogP contribution >= 0.6 is 11.8 Å². The van der Waals surface area contributed by atoms with E-state index >= 15 is 0 Å². The number of rotatable bonds is 7. The highest BCUT2D eigenvalue weighted by Gasteiger charge is 2.26. The van der Waals surface area contributed by atoms with Crippen molar-refractivity contribution in [2.45, 2.75) is 38.0 Å². The first-order valence-electron chi connectivity index (χ1n) is 9.53. The molecule has 0 fully saturated rings. The maximum atomic E-state index is 13.1. The molecule has 0 radical (unpaired) electrons. The minimum atomic E-state index is -0.265. The standard InChI is InChI=1S/C23H27N3O2S/c1-23(2,3)26(16-18-8-6-5-7-9-18)21(27)17-29-22-24-14-15-25(22)19-10-12-20(28-4)13-11-19/h5-15H,16-17H2,1-4H3. The van der Waals surface area contributed by atoms with Gasteiger partial charge in [-0.2, -0.15) is 0 Å². The lowest BCUT2D eigenvalue weighted by molar-refractivity contribution is -0.133. The van der Waals surface area contributed by atoms with Crippen molar-refractivity contribution in [2.75, 3.05) is 12.9 Å². The van der Waals surface area contributed by atoms with E-state index in [0.717, 1.165) is 22.2 Å². The molecule has 1 heterocycles. The van der Waals surface area contributed by atoms with Crippen LogP contribution in [0.25, 0.3) is 5.69 Å². The second kappa shape index (κ2) is 9.18. The summed E-state index contributed by atoms with van der Waals surface area (Å²) in [6.45, 7) is 6.79. The molecule has 0 aliphatic heterocycles. The van der Waals surface area contributed by atoms with Gasteiger partial charge in [0.05, 0.1) is 12.9 Å². The number of methoxy groups -OCH3 is 1. The zero-order chi connectivity index (χ0) is 20.9. The Bertz CT molecular complexity index is 931. The van der Waals surface area contributed by atoms with Gasteiger partial charge >= 0.3 is 0 Å². The lowest BCUT2D eigenvalue weighted by atomic mass is 10.0. The van der Waals surface area contributed by atoms with E-state index in [1.54, 1.807) is 13.3 Å². The van der Waals surface area contributed by atoms with Crippen LogP contribution in [-0.2, 0) is 11.3 Å². The number of thioether (sulfide) groups is 1. The molecule has 3 rings (SSSR count). The van der Waals surface area contributed by atoms with Crippen molar-refractivity contribution >= 4 is 17.7 Å². The number of hydrogen-bond acceptors (Lipinski definition) is 4. The summed E-state index contributed by atoms with van der Waals surface area (Å²) in [6, 6.07) is 17.9. The molecule has 6 heteroatoms. The summed E-state index contributed by atoms with van der Waals surface area (Å²) in [5, 5.41) is 0.789. The Morgan fingerprint density at radius 3 is 2.41 bits per heavy atom. The molecule has 2 aromatic carbocycles. The molecule has 29 heavy (non-hydrogen) atoms. The van der Waals surface area contributed by atoms with Gasteiger partial charge in [-0.05, 0) is 50.6 Å². The van der Waals surface area contributed by atoms with E-state index in [4.69, 9.17) is 4.74 Å². The summed E-state index contributed by atoms with van der Waals surface area (Å²) < 4.78 is 7.20. The van der Waals surface area contributed by atoms with Gasteiger partial charge in [-0.1, -0.05) is 42.1 Å². The highest BCUT2D eigenvalue weighted by Crippen LogP contribution is 2.25. The molecule has 5 nitrogen and oxygen atoms in total. The summed E-state index contributed by atoms with van der Waals surface area (Å²) >= 11 is 1.45. The number of hydrogen-bond donors (Lipinski definition) is 0. The van der Waals surface area contributed by atoms with Gasteiger partial charge in [0.1, 0.15) is 5.75 Å². The molecule has 0 bridgehead atoms. The molecule has 0 atom stereocenters. The van der Waals surface area contributed by atoms with E-state index < -0.39 is 0 Å². The van der Waals surface area contributed by atoms with Crippen molar-refractivity contribution < 1.29 is 9.53 Å². The van der Waals surface area contributed by atoms with Crippen LogP contribution in [0.3, 0.4) is 0 Å². The maximum Gasteiger partial charge on any atom is 0.233 e. The van der Waals surface area contributed by atoms with Gasteiger partial charge in [0.2, 0.25) is 5.91 Å². The summed E-state index contributed by atoms with van der Waals surface area (Å²) in [4.78, 5) is 19.4. The fourth-order valence-corrected chi connectivity index (χ4v) is 3.85. The van der Waals surface area contributed by atoms with Gasteiger partial charge in [0.25, 0.3) is 0 Å².